The first-order valence-corrected chi connectivity index (χ1v) is 6.29. The third-order valence-electron chi connectivity index (χ3n) is 3.32. The summed E-state index contributed by atoms with van der Waals surface area (Å²) < 4.78 is 5.66. The molecule has 0 radical (unpaired) electrons. The van der Waals surface area contributed by atoms with Crippen LogP contribution in [0.25, 0.3) is 10.8 Å². The second-order valence-corrected chi connectivity index (χ2v) is 4.65. The van der Waals surface area contributed by atoms with Crippen LogP contribution in [0.3, 0.4) is 0 Å². The smallest absolute Gasteiger partial charge is 0.126 e. The second-order valence-electron chi connectivity index (χ2n) is 4.65. The van der Waals surface area contributed by atoms with Crippen LogP contribution >= 0.6 is 0 Å². The molecule has 1 heterocycles. The minimum Gasteiger partial charge on any atom is -0.464 e. The summed E-state index contributed by atoms with van der Waals surface area (Å²) in [5.41, 5.74) is 3.91. The molecule has 0 spiro atoms. The number of furan rings is 1. The Bertz CT molecular complexity index is 703. The lowest BCUT2D eigenvalue weighted by Crippen LogP contribution is -2.28. The van der Waals surface area contributed by atoms with Gasteiger partial charge in [-0.2, -0.15) is 0 Å². The number of nitrogens with one attached hydrogen (secondary N) is 1. The molecule has 96 valence electrons. The molecular weight excluding hydrogens is 236 g/mol. The number of hydrazine groups is 1. The minimum atomic E-state index is -0.127. The van der Waals surface area contributed by atoms with Crippen LogP contribution in [-0.4, -0.2) is 0 Å². The van der Waals surface area contributed by atoms with E-state index in [-0.39, 0.29) is 6.04 Å². The highest BCUT2D eigenvalue weighted by Crippen LogP contribution is 2.26. The van der Waals surface area contributed by atoms with Crippen molar-refractivity contribution in [3.05, 3.63) is 71.7 Å². The molecule has 0 amide bonds. The van der Waals surface area contributed by atoms with Crippen molar-refractivity contribution in [2.24, 2.45) is 5.84 Å². The van der Waals surface area contributed by atoms with E-state index in [4.69, 9.17) is 10.3 Å². The van der Waals surface area contributed by atoms with E-state index in [0.717, 1.165) is 17.1 Å². The van der Waals surface area contributed by atoms with Gasteiger partial charge in [0, 0.05) is 0 Å². The van der Waals surface area contributed by atoms with Crippen LogP contribution in [0.5, 0.6) is 0 Å². The molecule has 19 heavy (non-hydrogen) atoms. The van der Waals surface area contributed by atoms with Gasteiger partial charge in [-0.25, -0.2) is 5.43 Å². The Morgan fingerprint density at radius 1 is 1.00 bits per heavy atom. The topological polar surface area (TPSA) is 51.2 Å². The van der Waals surface area contributed by atoms with Gasteiger partial charge in [0.1, 0.15) is 17.6 Å². The fourth-order valence-electron chi connectivity index (χ4n) is 2.34. The Morgan fingerprint density at radius 2 is 1.79 bits per heavy atom. The van der Waals surface area contributed by atoms with Crippen LogP contribution in [0.4, 0.5) is 0 Å². The highest BCUT2D eigenvalue weighted by molar-refractivity contribution is 5.83. The lowest BCUT2D eigenvalue weighted by atomic mass is 10.0. The summed E-state index contributed by atoms with van der Waals surface area (Å²) in [5, 5.41) is 2.42. The van der Waals surface area contributed by atoms with Gasteiger partial charge in [0.25, 0.3) is 0 Å². The zero-order chi connectivity index (χ0) is 13.2. The predicted octanol–water partition coefficient (Wildman–Crippen LogP) is 3.29. The summed E-state index contributed by atoms with van der Waals surface area (Å²) >= 11 is 0. The van der Waals surface area contributed by atoms with Gasteiger partial charge in [-0.1, -0.05) is 36.4 Å². The van der Waals surface area contributed by atoms with E-state index in [9.17, 15) is 0 Å². The molecule has 0 aliphatic rings. The largest absolute Gasteiger partial charge is 0.464 e. The van der Waals surface area contributed by atoms with E-state index in [1.165, 1.54) is 10.8 Å². The second kappa shape index (κ2) is 4.88. The van der Waals surface area contributed by atoms with Gasteiger partial charge in [-0.15, -0.1) is 0 Å². The summed E-state index contributed by atoms with van der Waals surface area (Å²) in [7, 11) is 0. The molecule has 1 unspecified atom stereocenters. The highest BCUT2D eigenvalue weighted by Gasteiger charge is 2.16. The van der Waals surface area contributed by atoms with E-state index in [1.807, 2.05) is 31.2 Å². The van der Waals surface area contributed by atoms with Gasteiger partial charge in [0.05, 0.1) is 0 Å². The van der Waals surface area contributed by atoms with Crippen LogP contribution in [-0.2, 0) is 0 Å². The lowest BCUT2D eigenvalue weighted by Gasteiger charge is -2.14. The molecule has 3 heteroatoms. The molecule has 3 aromatic rings. The van der Waals surface area contributed by atoms with E-state index < -0.39 is 0 Å². The fourth-order valence-corrected chi connectivity index (χ4v) is 2.34. The summed E-state index contributed by atoms with van der Waals surface area (Å²) in [6.45, 7) is 1.93. The molecule has 2 aromatic carbocycles. The maximum atomic E-state index is 5.68. The number of fused-ring (bicyclic) bond motifs is 1. The Balaban J connectivity index is 2.06. The lowest BCUT2D eigenvalue weighted by molar-refractivity contribution is 0.435. The molecule has 1 atom stereocenters. The van der Waals surface area contributed by atoms with Crippen LogP contribution < -0.4 is 11.3 Å². The maximum Gasteiger partial charge on any atom is 0.126 e. The molecule has 0 fully saturated rings. The average Bonchev–Trinajstić information content (AvgIpc) is 2.86. The van der Waals surface area contributed by atoms with Crippen LogP contribution in [0.15, 0.2) is 59.0 Å². The third kappa shape index (κ3) is 2.26. The molecule has 0 aliphatic heterocycles. The van der Waals surface area contributed by atoms with Crippen molar-refractivity contribution in [1.82, 2.24) is 5.43 Å². The number of benzene rings is 2. The normalized spacial score (nSPS) is 12.7. The van der Waals surface area contributed by atoms with Crippen molar-refractivity contribution >= 4 is 10.8 Å². The predicted molar refractivity (Wildman–Crippen MR) is 76.6 cm³/mol. The van der Waals surface area contributed by atoms with Gasteiger partial charge >= 0.3 is 0 Å². The first-order chi connectivity index (χ1) is 9.28. The van der Waals surface area contributed by atoms with E-state index >= 15 is 0 Å². The molecule has 3 nitrogen and oxygen atoms in total. The SMILES string of the molecule is Cc1ccc(C(NN)c2ccc3ccccc3c2)o1. The molecule has 0 saturated carbocycles. The summed E-state index contributed by atoms with van der Waals surface area (Å²) in [4.78, 5) is 0. The standard InChI is InChI=1S/C16H16N2O/c1-11-6-9-15(19-11)16(18-17)14-8-7-12-4-2-3-5-13(12)10-14/h2-10,16,18H,17H2,1H3. The Morgan fingerprint density at radius 3 is 2.47 bits per heavy atom. The summed E-state index contributed by atoms with van der Waals surface area (Å²) in [6, 6.07) is 18.4. The van der Waals surface area contributed by atoms with Crippen molar-refractivity contribution in [2.45, 2.75) is 13.0 Å². The Kier molecular flexibility index (Phi) is 3.07. The van der Waals surface area contributed by atoms with Gasteiger partial charge in [-0.3, -0.25) is 5.84 Å². The zero-order valence-electron chi connectivity index (χ0n) is 10.8. The quantitative estimate of drug-likeness (QED) is 0.555. The van der Waals surface area contributed by atoms with Gasteiger partial charge in [-0.05, 0) is 41.5 Å². The van der Waals surface area contributed by atoms with Crippen molar-refractivity contribution in [1.29, 1.82) is 0 Å². The minimum absolute atomic E-state index is 0.127. The van der Waals surface area contributed by atoms with Crippen molar-refractivity contribution in [3.63, 3.8) is 0 Å². The molecule has 1 aromatic heterocycles. The number of aryl methyl sites for hydroxylation is 1. The van der Waals surface area contributed by atoms with E-state index in [1.54, 1.807) is 0 Å². The first-order valence-electron chi connectivity index (χ1n) is 6.29. The Labute approximate surface area is 112 Å². The van der Waals surface area contributed by atoms with Crippen LogP contribution in [0.1, 0.15) is 23.1 Å². The van der Waals surface area contributed by atoms with Crippen molar-refractivity contribution < 1.29 is 4.42 Å². The molecule has 0 aliphatic carbocycles. The highest BCUT2D eigenvalue weighted by atomic mass is 16.3. The van der Waals surface area contributed by atoms with Crippen molar-refractivity contribution in [2.75, 3.05) is 0 Å². The zero-order valence-corrected chi connectivity index (χ0v) is 10.8. The van der Waals surface area contributed by atoms with Gasteiger partial charge in [0.2, 0.25) is 0 Å². The molecule has 0 saturated heterocycles. The summed E-state index contributed by atoms with van der Waals surface area (Å²) in [6.07, 6.45) is 0. The molecule has 3 N–H and O–H groups in total. The van der Waals surface area contributed by atoms with Gasteiger partial charge < -0.3 is 4.42 Å². The Hall–Kier alpha value is -2.10. The number of hydrogen-bond donors (Lipinski definition) is 2. The monoisotopic (exact) mass is 252 g/mol. The van der Waals surface area contributed by atoms with E-state index in [2.05, 4.69) is 35.8 Å². The van der Waals surface area contributed by atoms with Crippen LogP contribution in [0.2, 0.25) is 0 Å². The molecule has 3 rings (SSSR count). The van der Waals surface area contributed by atoms with Crippen molar-refractivity contribution in [3.8, 4) is 0 Å². The first kappa shape index (κ1) is 12.0. The number of hydrogen-bond acceptors (Lipinski definition) is 3. The van der Waals surface area contributed by atoms with Crippen LogP contribution in [0, 0.1) is 6.92 Å². The average molecular weight is 252 g/mol. The maximum absolute atomic E-state index is 5.68. The summed E-state index contributed by atoms with van der Waals surface area (Å²) in [5.74, 6) is 7.39. The molecule has 0 bridgehead atoms. The fraction of sp³-hybridized carbons (Fsp3) is 0.125. The van der Waals surface area contributed by atoms with E-state index in [0.29, 0.717) is 0 Å². The number of rotatable bonds is 3. The van der Waals surface area contributed by atoms with Gasteiger partial charge in [0.15, 0.2) is 0 Å². The third-order valence-corrected chi connectivity index (χ3v) is 3.32. The number of nitrogens with two attached hydrogens (primary N) is 1. The molecular formula is C16H16N2O.